The van der Waals surface area contributed by atoms with Crippen molar-refractivity contribution in [1.82, 2.24) is 9.88 Å². The SMILES string of the molecule is COC1CCN(C(=O)c2sc3nccc(C)c3c2N)CC1. The van der Waals surface area contributed by atoms with E-state index in [2.05, 4.69) is 4.98 Å². The topological polar surface area (TPSA) is 68.5 Å². The first-order valence-electron chi connectivity index (χ1n) is 7.07. The van der Waals surface area contributed by atoms with Crippen LogP contribution in [0.3, 0.4) is 0 Å². The lowest BCUT2D eigenvalue weighted by Gasteiger charge is -2.31. The maximum absolute atomic E-state index is 12.7. The van der Waals surface area contributed by atoms with Crippen LogP contribution in [0.2, 0.25) is 0 Å². The summed E-state index contributed by atoms with van der Waals surface area (Å²) >= 11 is 1.39. The zero-order chi connectivity index (χ0) is 15.0. The van der Waals surface area contributed by atoms with Crippen LogP contribution in [0.4, 0.5) is 5.69 Å². The number of carbonyl (C=O) groups excluding carboxylic acids is 1. The van der Waals surface area contributed by atoms with E-state index in [-0.39, 0.29) is 12.0 Å². The number of carbonyl (C=O) groups is 1. The van der Waals surface area contributed by atoms with Crippen LogP contribution in [0, 0.1) is 6.92 Å². The van der Waals surface area contributed by atoms with Crippen LogP contribution in [0.15, 0.2) is 12.3 Å². The molecule has 0 unspecified atom stereocenters. The van der Waals surface area contributed by atoms with Gasteiger partial charge in [0.25, 0.3) is 5.91 Å². The molecule has 2 aromatic rings. The number of hydrogen-bond acceptors (Lipinski definition) is 5. The number of thiophene rings is 1. The molecule has 0 aromatic carbocycles. The van der Waals surface area contributed by atoms with Gasteiger partial charge in [0.15, 0.2) is 0 Å². The Morgan fingerprint density at radius 3 is 2.81 bits per heavy atom. The molecule has 0 radical (unpaired) electrons. The highest BCUT2D eigenvalue weighted by atomic mass is 32.1. The van der Waals surface area contributed by atoms with Crippen LogP contribution in [0.25, 0.3) is 10.2 Å². The van der Waals surface area contributed by atoms with Crippen LogP contribution in [-0.2, 0) is 4.74 Å². The molecular formula is C15H19N3O2S. The molecule has 0 saturated carbocycles. The molecule has 1 saturated heterocycles. The van der Waals surface area contributed by atoms with Crippen molar-refractivity contribution in [2.75, 3.05) is 25.9 Å². The highest BCUT2D eigenvalue weighted by molar-refractivity contribution is 7.21. The van der Waals surface area contributed by atoms with Gasteiger partial charge in [0.2, 0.25) is 0 Å². The highest BCUT2D eigenvalue weighted by Crippen LogP contribution is 2.35. The first-order chi connectivity index (χ1) is 10.1. The van der Waals surface area contributed by atoms with E-state index in [1.54, 1.807) is 13.3 Å². The molecule has 0 aliphatic carbocycles. The van der Waals surface area contributed by atoms with Gasteiger partial charge in [-0.05, 0) is 31.4 Å². The third-order valence-electron chi connectivity index (χ3n) is 4.09. The molecule has 1 amide bonds. The summed E-state index contributed by atoms with van der Waals surface area (Å²) in [4.78, 5) is 20.3. The number of amides is 1. The smallest absolute Gasteiger partial charge is 0.266 e. The number of nitrogen functional groups attached to an aromatic ring is 1. The quantitative estimate of drug-likeness (QED) is 0.925. The largest absolute Gasteiger partial charge is 0.397 e. The van der Waals surface area contributed by atoms with E-state index in [1.807, 2.05) is 17.9 Å². The highest BCUT2D eigenvalue weighted by Gasteiger charge is 2.27. The van der Waals surface area contributed by atoms with Gasteiger partial charge >= 0.3 is 0 Å². The van der Waals surface area contributed by atoms with Gasteiger partial charge in [-0.15, -0.1) is 11.3 Å². The molecule has 1 fully saturated rings. The van der Waals surface area contributed by atoms with E-state index in [9.17, 15) is 4.79 Å². The van der Waals surface area contributed by atoms with Crippen molar-refractivity contribution < 1.29 is 9.53 Å². The normalized spacial score (nSPS) is 16.6. The van der Waals surface area contributed by atoms with Crippen LogP contribution in [-0.4, -0.2) is 42.1 Å². The number of hydrogen-bond donors (Lipinski definition) is 1. The maximum atomic E-state index is 12.7. The second-order valence-corrected chi connectivity index (χ2v) is 6.38. The molecule has 2 aromatic heterocycles. The van der Waals surface area contributed by atoms with Crippen molar-refractivity contribution in [2.45, 2.75) is 25.9 Å². The molecule has 0 atom stereocenters. The summed E-state index contributed by atoms with van der Waals surface area (Å²) < 4.78 is 5.34. The number of aromatic nitrogens is 1. The Kier molecular flexibility index (Phi) is 3.82. The molecule has 6 heteroatoms. The van der Waals surface area contributed by atoms with Crippen LogP contribution >= 0.6 is 11.3 Å². The lowest BCUT2D eigenvalue weighted by molar-refractivity contribution is 0.0354. The number of aryl methyl sites for hydroxylation is 1. The Morgan fingerprint density at radius 2 is 2.19 bits per heavy atom. The van der Waals surface area contributed by atoms with Gasteiger partial charge in [-0.25, -0.2) is 4.98 Å². The van der Waals surface area contributed by atoms with Gasteiger partial charge in [-0.3, -0.25) is 4.79 Å². The van der Waals surface area contributed by atoms with Crippen molar-refractivity contribution in [3.63, 3.8) is 0 Å². The van der Waals surface area contributed by atoms with E-state index in [1.165, 1.54) is 11.3 Å². The van der Waals surface area contributed by atoms with Gasteiger partial charge in [-0.2, -0.15) is 0 Å². The Balaban J connectivity index is 1.89. The van der Waals surface area contributed by atoms with E-state index in [0.29, 0.717) is 10.6 Å². The standard InChI is InChI=1S/C15H19N3O2S/c1-9-3-6-17-14-11(9)12(16)13(21-14)15(19)18-7-4-10(20-2)5-8-18/h3,6,10H,4-5,7-8,16H2,1-2H3. The Labute approximate surface area is 127 Å². The molecule has 1 aliphatic heterocycles. The minimum absolute atomic E-state index is 0.0180. The summed E-state index contributed by atoms with van der Waals surface area (Å²) in [5.41, 5.74) is 7.83. The second-order valence-electron chi connectivity index (χ2n) is 5.38. The minimum Gasteiger partial charge on any atom is -0.397 e. The lowest BCUT2D eigenvalue weighted by Crippen LogP contribution is -2.40. The van der Waals surface area contributed by atoms with Crippen molar-refractivity contribution in [3.8, 4) is 0 Å². The number of nitrogens with zero attached hydrogens (tertiary/aromatic N) is 2. The number of methoxy groups -OCH3 is 1. The number of anilines is 1. The Hall–Kier alpha value is -1.66. The average Bonchev–Trinajstić information content (AvgIpc) is 2.85. The third-order valence-corrected chi connectivity index (χ3v) is 5.20. The molecule has 3 heterocycles. The van der Waals surface area contributed by atoms with E-state index in [0.717, 1.165) is 41.7 Å². The fourth-order valence-corrected chi connectivity index (χ4v) is 3.91. The van der Waals surface area contributed by atoms with E-state index in [4.69, 9.17) is 10.5 Å². The van der Waals surface area contributed by atoms with Gasteiger partial charge in [0.05, 0.1) is 11.8 Å². The van der Waals surface area contributed by atoms with Gasteiger partial charge < -0.3 is 15.4 Å². The molecule has 1 aliphatic rings. The molecule has 5 nitrogen and oxygen atoms in total. The fraction of sp³-hybridized carbons (Fsp3) is 0.467. The number of likely N-dealkylation sites (tertiary alicyclic amines) is 1. The van der Waals surface area contributed by atoms with E-state index >= 15 is 0 Å². The number of rotatable bonds is 2. The molecular weight excluding hydrogens is 286 g/mol. The molecule has 112 valence electrons. The summed E-state index contributed by atoms with van der Waals surface area (Å²) in [5.74, 6) is 0.0180. The first-order valence-corrected chi connectivity index (χ1v) is 7.89. The predicted molar refractivity (Wildman–Crippen MR) is 84.7 cm³/mol. The number of pyridine rings is 1. The van der Waals surface area contributed by atoms with Crippen LogP contribution < -0.4 is 5.73 Å². The fourth-order valence-electron chi connectivity index (χ4n) is 2.80. The Morgan fingerprint density at radius 1 is 1.48 bits per heavy atom. The molecule has 2 N–H and O–H groups in total. The zero-order valence-electron chi connectivity index (χ0n) is 12.3. The lowest BCUT2D eigenvalue weighted by atomic mass is 10.1. The molecule has 0 spiro atoms. The predicted octanol–water partition coefficient (Wildman–Crippen LogP) is 2.44. The van der Waals surface area contributed by atoms with Crippen LogP contribution in [0.5, 0.6) is 0 Å². The zero-order valence-corrected chi connectivity index (χ0v) is 13.1. The maximum Gasteiger partial charge on any atom is 0.266 e. The summed E-state index contributed by atoms with van der Waals surface area (Å²) in [6, 6.07) is 1.92. The molecule has 21 heavy (non-hydrogen) atoms. The summed E-state index contributed by atoms with van der Waals surface area (Å²) in [5, 5.41) is 0.914. The second kappa shape index (κ2) is 5.61. The van der Waals surface area contributed by atoms with Crippen molar-refractivity contribution in [1.29, 1.82) is 0 Å². The van der Waals surface area contributed by atoms with Crippen molar-refractivity contribution in [3.05, 3.63) is 22.7 Å². The van der Waals surface area contributed by atoms with Gasteiger partial charge in [-0.1, -0.05) is 0 Å². The molecule has 3 rings (SSSR count). The van der Waals surface area contributed by atoms with Gasteiger partial charge in [0.1, 0.15) is 9.71 Å². The minimum atomic E-state index is 0.0180. The summed E-state index contributed by atoms with van der Waals surface area (Å²) in [6.45, 7) is 3.43. The number of nitrogens with two attached hydrogens (primary N) is 1. The number of piperidine rings is 1. The summed E-state index contributed by atoms with van der Waals surface area (Å²) in [7, 11) is 1.72. The van der Waals surface area contributed by atoms with E-state index < -0.39 is 0 Å². The summed E-state index contributed by atoms with van der Waals surface area (Å²) in [6.07, 6.45) is 3.78. The number of fused-ring (bicyclic) bond motifs is 1. The Bertz CT molecular complexity index is 675. The monoisotopic (exact) mass is 305 g/mol. The third kappa shape index (κ3) is 2.49. The average molecular weight is 305 g/mol. The molecule has 0 bridgehead atoms. The number of ether oxygens (including phenoxy) is 1. The first kappa shape index (κ1) is 14.3. The van der Waals surface area contributed by atoms with Gasteiger partial charge in [0, 0.05) is 31.8 Å². The van der Waals surface area contributed by atoms with Crippen LogP contribution in [0.1, 0.15) is 28.1 Å². The van der Waals surface area contributed by atoms with Crippen molar-refractivity contribution in [2.24, 2.45) is 0 Å². The van der Waals surface area contributed by atoms with Crippen molar-refractivity contribution >= 4 is 33.1 Å².